The molecule has 90 valence electrons. The number of piperidine rings is 1. The lowest BCUT2D eigenvalue weighted by atomic mass is 10.0. The largest absolute Gasteiger partial charge is 0.330 e. The van der Waals surface area contributed by atoms with Crippen molar-refractivity contribution in [1.29, 1.82) is 0 Å². The standard InChI is InChI=1S/C13H22N2S/c1-11-5-6-13(16-11)12(9-14)10-15-7-3-2-4-8-15/h5-6,12H,2-4,7-10,14H2,1H3. The van der Waals surface area contributed by atoms with Crippen molar-refractivity contribution in [3.05, 3.63) is 21.9 Å². The Morgan fingerprint density at radius 1 is 1.31 bits per heavy atom. The molecular formula is C13H22N2S. The van der Waals surface area contributed by atoms with Gasteiger partial charge in [-0.05, 0) is 45.0 Å². The summed E-state index contributed by atoms with van der Waals surface area (Å²) in [6, 6.07) is 4.46. The minimum absolute atomic E-state index is 0.539. The molecule has 16 heavy (non-hydrogen) atoms. The van der Waals surface area contributed by atoms with E-state index in [-0.39, 0.29) is 0 Å². The van der Waals surface area contributed by atoms with Crippen molar-refractivity contribution >= 4 is 11.3 Å². The Morgan fingerprint density at radius 3 is 2.62 bits per heavy atom. The lowest BCUT2D eigenvalue weighted by Crippen LogP contribution is -2.35. The second-order valence-corrected chi connectivity index (χ2v) is 6.06. The topological polar surface area (TPSA) is 29.3 Å². The predicted octanol–water partition coefficient (Wildman–Crippen LogP) is 2.58. The monoisotopic (exact) mass is 238 g/mol. The van der Waals surface area contributed by atoms with Gasteiger partial charge in [-0.25, -0.2) is 0 Å². The molecule has 1 atom stereocenters. The van der Waals surface area contributed by atoms with E-state index in [2.05, 4.69) is 24.0 Å². The van der Waals surface area contributed by atoms with E-state index >= 15 is 0 Å². The Kier molecular flexibility index (Phi) is 4.38. The van der Waals surface area contributed by atoms with Crippen molar-refractivity contribution in [1.82, 2.24) is 4.90 Å². The van der Waals surface area contributed by atoms with Gasteiger partial charge in [-0.2, -0.15) is 0 Å². The van der Waals surface area contributed by atoms with E-state index in [0.29, 0.717) is 5.92 Å². The first-order valence-corrected chi connectivity index (χ1v) is 7.10. The molecule has 1 saturated heterocycles. The molecule has 0 aromatic carbocycles. The SMILES string of the molecule is Cc1ccc(C(CN)CN2CCCCC2)s1. The Hall–Kier alpha value is -0.380. The molecule has 0 saturated carbocycles. The highest BCUT2D eigenvalue weighted by molar-refractivity contribution is 7.12. The molecule has 2 heterocycles. The van der Waals surface area contributed by atoms with Gasteiger partial charge in [0.25, 0.3) is 0 Å². The van der Waals surface area contributed by atoms with Crippen LogP contribution in [0.3, 0.4) is 0 Å². The Bertz CT molecular complexity index is 315. The van der Waals surface area contributed by atoms with Gasteiger partial charge in [0, 0.05) is 28.8 Å². The summed E-state index contributed by atoms with van der Waals surface area (Å²) < 4.78 is 0. The van der Waals surface area contributed by atoms with E-state index in [1.165, 1.54) is 42.1 Å². The zero-order chi connectivity index (χ0) is 11.4. The molecule has 1 unspecified atom stereocenters. The van der Waals surface area contributed by atoms with Crippen LogP contribution < -0.4 is 5.73 Å². The van der Waals surface area contributed by atoms with E-state index in [9.17, 15) is 0 Å². The summed E-state index contributed by atoms with van der Waals surface area (Å²) in [7, 11) is 0. The number of nitrogens with two attached hydrogens (primary N) is 1. The molecule has 0 aliphatic carbocycles. The van der Waals surface area contributed by atoms with Crippen LogP contribution in [0.4, 0.5) is 0 Å². The second-order valence-electron chi connectivity index (χ2n) is 4.74. The molecule has 1 aromatic rings. The van der Waals surface area contributed by atoms with E-state index < -0.39 is 0 Å². The third-order valence-corrected chi connectivity index (χ3v) is 4.54. The number of hydrogen-bond donors (Lipinski definition) is 1. The lowest BCUT2D eigenvalue weighted by molar-refractivity contribution is 0.217. The maximum absolute atomic E-state index is 5.91. The number of nitrogens with zero attached hydrogens (tertiary/aromatic N) is 1. The van der Waals surface area contributed by atoms with Gasteiger partial charge < -0.3 is 10.6 Å². The summed E-state index contributed by atoms with van der Waals surface area (Å²) in [6.45, 7) is 6.62. The van der Waals surface area contributed by atoms with Crippen molar-refractivity contribution in [3.63, 3.8) is 0 Å². The van der Waals surface area contributed by atoms with Crippen LogP contribution in [0.1, 0.15) is 34.9 Å². The van der Waals surface area contributed by atoms with Crippen LogP contribution in [0.25, 0.3) is 0 Å². The Morgan fingerprint density at radius 2 is 2.06 bits per heavy atom. The van der Waals surface area contributed by atoms with Crippen molar-refractivity contribution in [2.45, 2.75) is 32.1 Å². The number of rotatable bonds is 4. The molecule has 2 rings (SSSR count). The van der Waals surface area contributed by atoms with Gasteiger partial charge in [0.15, 0.2) is 0 Å². The van der Waals surface area contributed by atoms with Crippen LogP contribution >= 0.6 is 11.3 Å². The Balaban J connectivity index is 1.94. The lowest BCUT2D eigenvalue weighted by Gasteiger charge is -2.29. The van der Waals surface area contributed by atoms with Crippen LogP contribution in [0.5, 0.6) is 0 Å². The molecule has 1 fully saturated rings. The first-order chi connectivity index (χ1) is 7.79. The van der Waals surface area contributed by atoms with Gasteiger partial charge in [0.1, 0.15) is 0 Å². The normalized spacial score (nSPS) is 19.9. The summed E-state index contributed by atoms with van der Waals surface area (Å²) in [5.74, 6) is 0.539. The quantitative estimate of drug-likeness (QED) is 0.873. The minimum Gasteiger partial charge on any atom is -0.330 e. The van der Waals surface area contributed by atoms with Crippen molar-refractivity contribution in [3.8, 4) is 0 Å². The number of thiophene rings is 1. The highest BCUT2D eigenvalue weighted by atomic mass is 32.1. The van der Waals surface area contributed by atoms with Crippen LogP contribution in [0, 0.1) is 6.92 Å². The molecule has 0 amide bonds. The van der Waals surface area contributed by atoms with Crippen LogP contribution in [0.2, 0.25) is 0 Å². The smallest absolute Gasteiger partial charge is 0.0183 e. The zero-order valence-electron chi connectivity index (χ0n) is 10.1. The first kappa shape index (κ1) is 12.1. The number of likely N-dealkylation sites (tertiary alicyclic amines) is 1. The molecule has 0 spiro atoms. The average Bonchev–Trinajstić information content (AvgIpc) is 2.74. The van der Waals surface area contributed by atoms with Crippen molar-refractivity contribution in [2.75, 3.05) is 26.2 Å². The molecule has 1 aliphatic rings. The average molecular weight is 238 g/mol. The summed E-state index contributed by atoms with van der Waals surface area (Å²) in [5, 5.41) is 0. The maximum atomic E-state index is 5.91. The summed E-state index contributed by atoms with van der Waals surface area (Å²) in [5.41, 5.74) is 5.91. The van der Waals surface area contributed by atoms with E-state index in [1.54, 1.807) is 0 Å². The third-order valence-electron chi connectivity index (χ3n) is 3.38. The summed E-state index contributed by atoms with van der Waals surface area (Å²) in [4.78, 5) is 5.44. The molecule has 3 heteroatoms. The van der Waals surface area contributed by atoms with Crippen LogP contribution in [0.15, 0.2) is 12.1 Å². The Labute approximate surface area is 102 Å². The van der Waals surface area contributed by atoms with Gasteiger partial charge >= 0.3 is 0 Å². The van der Waals surface area contributed by atoms with Gasteiger partial charge in [-0.1, -0.05) is 6.42 Å². The van der Waals surface area contributed by atoms with E-state index in [4.69, 9.17) is 5.73 Å². The molecule has 0 radical (unpaired) electrons. The first-order valence-electron chi connectivity index (χ1n) is 6.28. The van der Waals surface area contributed by atoms with E-state index in [1.807, 2.05) is 11.3 Å². The number of hydrogen-bond acceptors (Lipinski definition) is 3. The predicted molar refractivity (Wildman–Crippen MR) is 71.1 cm³/mol. The molecule has 1 aliphatic heterocycles. The fourth-order valence-electron chi connectivity index (χ4n) is 2.41. The summed E-state index contributed by atoms with van der Waals surface area (Å²) >= 11 is 1.90. The summed E-state index contributed by atoms with van der Waals surface area (Å²) in [6.07, 6.45) is 4.13. The third kappa shape index (κ3) is 3.06. The fraction of sp³-hybridized carbons (Fsp3) is 0.692. The number of aryl methyl sites for hydroxylation is 1. The minimum atomic E-state index is 0.539. The van der Waals surface area contributed by atoms with Gasteiger partial charge in [0.05, 0.1) is 0 Å². The van der Waals surface area contributed by atoms with Crippen molar-refractivity contribution < 1.29 is 0 Å². The van der Waals surface area contributed by atoms with Crippen LogP contribution in [-0.4, -0.2) is 31.1 Å². The zero-order valence-corrected chi connectivity index (χ0v) is 10.9. The molecule has 1 aromatic heterocycles. The van der Waals surface area contributed by atoms with E-state index in [0.717, 1.165) is 13.1 Å². The fourth-order valence-corrected chi connectivity index (χ4v) is 3.39. The highest BCUT2D eigenvalue weighted by Gasteiger charge is 2.17. The van der Waals surface area contributed by atoms with Crippen LogP contribution in [-0.2, 0) is 0 Å². The van der Waals surface area contributed by atoms with Gasteiger partial charge in [0.2, 0.25) is 0 Å². The maximum Gasteiger partial charge on any atom is 0.0183 e. The van der Waals surface area contributed by atoms with Crippen molar-refractivity contribution in [2.24, 2.45) is 5.73 Å². The van der Waals surface area contributed by atoms with Gasteiger partial charge in [-0.15, -0.1) is 11.3 Å². The highest BCUT2D eigenvalue weighted by Crippen LogP contribution is 2.25. The molecular weight excluding hydrogens is 216 g/mol. The molecule has 2 N–H and O–H groups in total. The second kappa shape index (κ2) is 5.80. The van der Waals surface area contributed by atoms with Gasteiger partial charge in [-0.3, -0.25) is 0 Å². The molecule has 2 nitrogen and oxygen atoms in total. The molecule has 0 bridgehead atoms.